The number of para-hydroxylation sites is 1. The third-order valence-electron chi connectivity index (χ3n) is 6.22. The van der Waals surface area contributed by atoms with Gasteiger partial charge in [-0.2, -0.15) is 0 Å². The van der Waals surface area contributed by atoms with Gasteiger partial charge in [-0.1, -0.05) is 78.9 Å². The Labute approximate surface area is 177 Å². The molecule has 0 spiro atoms. The summed E-state index contributed by atoms with van der Waals surface area (Å²) in [6.45, 7) is 0. The first-order valence-electron chi connectivity index (χ1n) is 10.2. The lowest BCUT2D eigenvalue weighted by molar-refractivity contribution is 1.55. The summed E-state index contributed by atoms with van der Waals surface area (Å²) in [7, 11) is 0. The van der Waals surface area contributed by atoms with Gasteiger partial charge >= 0.3 is 0 Å². The topological polar surface area (TPSA) is 15.8 Å². The van der Waals surface area contributed by atoms with E-state index in [2.05, 4.69) is 102 Å². The molecule has 0 radical (unpaired) electrons. The summed E-state index contributed by atoms with van der Waals surface area (Å²) in [6, 6.07) is 35.2. The molecule has 30 heavy (non-hydrogen) atoms. The Bertz CT molecular complexity index is 1750. The van der Waals surface area contributed by atoms with Crippen LogP contribution in [0, 0.1) is 0 Å². The summed E-state index contributed by atoms with van der Waals surface area (Å²) in [6.07, 6.45) is 0. The van der Waals surface area contributed by atoms with Gasteiger partial charge in [0.1, 0.15) is 0 Å². The number of rotatable bonds is 1. The molecule has 0 aliphatic heterocycles. The first-order valence-corrected chi connectivity index (χ1v) is 11.0. The molecular weight excluding hydrogens is 382 g/mol. The Morgan fingerprint density at radius 3 is 2.20 bits per heavy atom. The molecule has 0 amide bonds. The van der Waals surface area contributed by atoms with Crippen LogP contribution in [0.15, 0.2) is 97.1 Å². The molecule has 0 aliphatic carbocycles. The molecule has 0 fully saturated rings. The van der Waals surface area contributed by atoms with Crippen molar-refractivity contribution in [2.75, 3.05) is 0 Å². The Balaban J connectivity index is 1.65. The molecule has 1 nitrogen and oxygen atoms in total. The van der Waals surface area contributed by atoms with Crippen LogP contribution in [0.1, 0.15) is 0 Å². The van der Waals surface area contributed by atoms with Crippen molar-refractivity contribution in [2.24, 2.45) is 0 Å². The second-order valence-corrected chi connectivity index (χ2v) is 8.92. The highest BCUT2D eigenvalue weighted by atomic mass is 32.1. The molecular formula is C28H17NS. The molecule has 2 heterocycles. The Morgan fingerprint density at radius 2 is 1.23 bits per heavy atom. The fourth-order valence-corrected chi connectivity index (χ4v) is 6.05. The molecule has 2 heteroatoms. The predicted molar refractivity (Wildman–Crippen MR) is 132 cm³/mol. The number of benzene rings is 5. The molecule has 1 N–H and O–H groups in total. The van der Waals surface area contributed by atoms with Gasteiger partial charge in [0.2, 0.25) is 0 Å². The summed E-state index contributed by atoms with van der Waals surface area (Å²) >= 11 is 1.87. The van der Waals surface area contributed by atoms with E-state index in [0.29, 0.717) is 0 Å². The maximum absolute atomic E-state index is 3.75. The number of aromatic nitrogens is 1. The summed E-state index contributed by atoms with van der Waals surface area (Å²) in [5.74, 6) is 0. The first kappa shape index (κ1) is 16.2. The highest BCUT2D eigenvalue weighted by Gasteiger charge is 2.15. The Kier molecular flexibility index (Phi) is 3.21. The maximum atomic E-state index is 3.75. The minimum Gasteiger partial charge on any atom is -0.354 e. The molecule has 0 bridgehead atoms. The van der Waals surface area contributed by atoms with E-state index in [1.54, 1.807) is 0 Å². The SMILES string of the molecule is c1ccc2c(c1)ccc1[nH]c3c(-c4cccc5sc6ccccc6c45)cccc3c12. The molecule has 0 unspecified atom stereocenters. The largest absolute Gasteiger partial charge is 0.354 e. The van der Waals surface area contributed by atoms with Crippen LogP contribution in [0.3, 0.4) is 0 Å². The van der Waals surface area contributed by atoms with Crippen molar-refractivity contribution in [3.63, 3.8) is 0 Å². The van der Waals surface area contributed by atoms with Crippen LogP contribution in [0.4, 0.5) is 0 Å². The third-order valence-corrected chi connectivity index (χ3v) is 7.35. The zero-order valence-corrected chi connectivity index (χ0v) is 17.0. The second-order valence-electron chi connectivity index (χ2n) is 7.84. The molecule has 0 saturated carbocycles. The normalized spacial score (nSPS) is 12.0. The molecule has 140 valence electrons. The van der Waals surface area contributed by atoms with E-state index in [4.69, 9.17) is 0 Å². The van der Waals surface area contributed by atoms with E-state index in [1.807, 2.05) is 11.3 Å². The number of hydrogen-bond acceptors (Lipinski definition) is 1. The van der Waals surface area contributed by atoms with Crippen molar-refractivity contribution in [2.45, 2.75) is 0 Å². The third kappa shape index (κ3) is 2.11. The number of fused-ring (bicyclic) bond motifs is 8. The molecule has 7 rings (SSSR count). The molecule has 2 aromatic heterocycles. The van der Waals surface area contributed by atoms with Gasteiger partial charge in [0.25, 0.3) is 0 Å². The molecule has 0 atom stereocenters. The van der Waals surface area contributed by atoms with Crippen LogP contribution in [-0.2, 0) is 0 Å². The number of nitrogens with one attached hydrogen (secondary N) is 1. The van der Waals surface area contributed by atoms with E-state index < -0.39 is 0 Å². The number of aromatic amines is 1. The fourth-order valence-electron chi connectivity index (χ4n) is 4.92. The number of H-pyrrole nitrogens is 1. The predicted octanol–water partition coefficient (Wildman–Crippen LogP) is 8.51. The van der Waals surface area contributed by atoms with Crippen LogP contribution in [0.25, 0.3) is 63.9 Å². The summed E-state index contributed by atoms with van der Waals surface area (Å²) < 4.78 is 2.68. The van der Waals surface area contributed by atoms with E-state index in [0.717, 1.165) is 0 Å². The van der Waals surface area contributed by atoms with Crippen molar-refractivity contribution in [3.8, 4) is 11.1 Å². The zero-order valence-electron chi connectivity index (χ0n) is 16.1. The van der Waals surface area contributed by atoms with Gasteiger partial charge in [-0.25, -0.2) is 0 Å². The van der Waals surface area contributed by atoms with Crippen molar-refractivity contribution >= 4 is 64.1 Å². The van der Waals surface area contributed by atoms with E-state index >= 15 is 0 Å². The van der Waals surface area contributed by atoms with E-state index in [1.165, 1.54) is 63.9 Å². The average Bonchev–Trinajstić information content (AvgIpc) is 3.37. The van der Waals surface area contributed by atoms with Gasteiger partial charge in [0.15, 0.2) is 0 Å². The Morgan fingerprint density at radius 1 is 0.500 bits per heavy atom. The molecule has 0 saturated heterocycles. The van der Waals surface area contributed by atoms with Crippen LogP contribution in [-0.4, -0.2) is 4.98 Å². The van der Waals surface area contributed by atoms with Gasteiger partial charge < -0.3 is 4.98 Å². The fraction of sp³-hybridized carbons (Fsp3) is 0. The van der Waals surface area contributed by atoms with Crippen molar-refractivity contribution in [1.29, 1.82) is 0 Å². The van der Waals surface area contributed by atoms with Crippen LogP contribution >= 0.6 is 11.3 Å². The maximum Gasteiger partial charge on any atom is 0.0544 e. The highest BCUT2D eigenvalue weighted by molar-refractivity contribution is 7.25. The standard InChI is InChI=1S/C28H17NS/c1-2-8-18-17(7-1)15-16-23-26(18)22-12-5-11-20(28(22)29-23)19-10-6-14-25-27(19)21-9-3-4-13-24(21)30-25/h1-16,29H. The number of thiophene rings is 1. The average molecular weight is 400 g/mol. The van der Waals surface area contributed by atoms with Crippen LogP contribution < -0.4 is 0 Å². The summed E-state index contributed by atoms with van der Waals surface area (Å²) in [5.41, 5.74) is 4.97. The van der Waals surface area contributed by atoms with Gasteiger partial charge in [-0.3, -0.25) is 0 Å². The van der Waals surface area contributed by atoms with Crippen molar-refractivity contribution < 1.29 is 0 Å². The Hall–Kier alpha value is -3.62. The van der Waals surface area contributed by atoms with Gasteiger partial charge in [-0.15, -0.1) is 11.3 Å². The van der Waals surface area contributed by atoms with E-state index in [-0.39, 0.29) is 0 Å². The first-order chi connectivity index (χ1) is 14.9. The molecule has 5 aromatic carbocycles. The monoisotopic (exact) mass is 399 g/mol. The van der Waals surface area contributed by atoms with Crippen LogP contribution in [0.2, 0.25) is 0 Å². The number of hydrogen-bond donors (Lipinski definition) is 1. The van der Waals surface area contributed by atoms with Gasteiger partial charge in [0, 0.05) is 42.0 Å². The lowest BCUT2D eigenvalue weighted by atomic mass is 9.96. The van der Waals surface area contributed by atoms with Crippen molar-refractivity contribution in [1.82, 2.24) is 4.98 Å². The van der Waals surface area contributed by atoms with Gasteiger partial charge in [0.05, 0.1) is 5.52 Å². The lowest BCUT2D eigenvalue weighted by Crippen LogP contribution is -1.82. The molecule has 0 aliphatic rings. The second kappa shape index (κ2) is 5.94. The van der Waals surface area contributed by atoms with Crippen molar-refractivity contribution in [3.05, 3.63) is 97.1 Å². The summed E-state index contributed by atoms with van der Waals surface area (Å²) in [4.78, 5) is 3.75. The highest BCUT2D eigenvalue weighted by Crippen LogP contribution is 2.43. The molecule has 7 aromatic rings. The van der Waals surface area contributed by atoms with Gasteiger partial charge in [-0.05, 0) is 34.5 Å². The smallest absolute Gasteiger partial charge is 0.0544 e. The van der Waals surface area contributed by atoms with E-state index in [9.17, 15) is 0 Å². The zero-order chi connectivity index (χ0) is 19.7. The quantitative estimate of drug-likeness (QED) is 0.285. The minimum absolute atomic E-state index is 1.19. The summed E-state index contributed by atoms with van der Waals surface area (Å²) in [5, 5.41) is 7.88. The lowest BCUT2D eigenvalue weighted by Gasteiger charge is -2.07. The minimum atomic E-state index is 1.19. The van der Waals surface area contributed by atoms with Crippen LogP contribution in [0.5, 0.6) is 0 Å².